The van der Waals surface area contributed by atoms with Crippen LogP contribution in [0.4, 0.5) is 4.39 Å². The first kappa shape index (κ1) is 13.9. The second kappa shape index (κ2) is 6.57. The number of ether oxygens (including phenoxy) is 1. The topological polar surface area (TPSA) is 21.3 Å². The Morgan fingerprint density at radius 1 is 1.10 bits per heavy atom. The zero-order chi connectivity index (χ0) is 13.8. The number of halogens is 1. The van der Waals surface area contributed by atoms with Crippen LogP contribution in [0.2, 0.25) is 0 Å². The summed E-state index contributed by atoms with van der Waals surface area (Å²) in [6.45, 7) is 2.12. The Morgan fingerprint density at radius 3 is 2.65 bits per heavy atom. The number of nitrogens with one attached hydrogen (secondary N) is 1. The Balaban J connectivity index is 1.73. The zero-order valence-electron chi connectivity index (χ0n) is 12.0. The Bertz CT molecular complexity index is 425. The molecular formula is C17H24FNO. The van der Waals surface area contributed by atoms with E-state index in [1.807, 2.05) is 6.07 Å². The summed E-state index contributed by atoms with van der Waals surface area (Å²) in [5.74, 6) is 1.68. The number of rotatable bonds is 4. The fourth-order valence-corrected chi connectivity index (χ4v) is 3.69. The highest BCUT2D eigenvalue weighted by molar-refractivity contribution is 5.23. The van der Waals surface area contributed by atoms with E-state index in [0.717, 1.165) is 13.1 Å². The first-order chi connectivity index (χ1) is 9.83. The Hall–Kier alpha value is -1.09. The maximum atomic E-state index is 13.3. The van der Waals surface area contributed by atoms with Crippen LogP contribution in [0.3, 0.4) is 0 Å². The van der Waals surface area contributed by atoms with Crippen molar-refractivity contribution in [3.8, 4) is 5.75 Å². The number of benzene rings is 1. The lowest BCUT2D eigenvalue weighted by Gasteiger charge is -2.34. The lowest BCUT2D eigenvalue weighted by molar-refractivity contribution is 0.0619. The van der Waals surface area contributed by atoms with Crippen molar-refractivity contribution in [2.24, 2.45) is 11.8 Å². The second-order valence-corrected chi connectivity index (χ2v) is 6.19. The van der Waals surface area contributed by atoms with Crippen molar-refractivity contribution >= 4 is 0 Å². The molecule has 0 spiro atoms. The van der Waals surface area contributed by atoms with E-state index in [9.17, 15) is 4.39 Å². The molecule has 2 nitrogen and oxygen atoms in total. The van der Waals surface area contributed by atoms with Crippen molar-refractivity contribution in [3.05, 3.63) is 30.1 Å². The summed E-state index contributed by atoms with van der Waals surface area (Å²) >= 11 is 0. The molecule has 2 atom stereocenters. The maximum absolute atomic E-state index is 13.3. The average Bonchev–Trinajstić information content (AvgIpc) is 3.00. The molecule has 0 aromatic heterocycles. The fraction of sp³-hybridized carbons (Fsp3) is 0.647. The molecule has 0 bridgehead atoms. The van der Waals surface area contributed by atoms with Gasteiger partial charge in [-0.05, 0) is 43.9 Å². The van der Waals surface area contributed by atoms with E-state index in [0.29, 0.717) is 17.6 Å². The van der Waals surface area contributed by atoms with Crippen molar-refractivity contribution in [3.63, 3.8) is 0 Å². The van der Waals surface area contributed by atoms with Gasteiger partial charge in [0.1, 0.15) is 17.7 Å². The van der Waals surface area contributed by atoms with Crippen LogP contribution in [0, 0.1) is 17.7 Å². The molecule has 1 heterocycles. The zero-order valence-corrected chi connectivity index (χ0v) is 12.0. The van der Waals surface area contributed by atoms with Crippen LogP contribution in [-0.2, 0) is 0 Å². The van der Waals surface area contributed by atoms with Crippen LogP contribution < -0.4 is 10.1 Å². The Labute approximate surface area is 120 Å². The summed E-state index contributed by atoms with van der Waals surface area (Å²) < 4.78 is 19.6. The first-order valence-corrected chi connectivity index (χ1v) is 7.96. The largest absolute Gasteiger partial charge is 0.490 e. The minimum atomic E-state index is -0.213. The van der Waals surface area contributed by atoms with Gasteiger partial charge in [-0.1, -0.05) is 25.3 Å². The standard InChI is InChI=1S/C17H24FNO/c18-15-7-4-8-16(11-15)20-17(14-9-10-19-12-14)13-5-2-1-3-6-13/h4,7-8,11,13-14,17,19H,1-3,5-6,9-10,12H2/t14-,17?/m0/s1. The van der Waals surface area contributed by atoms with Gasteiger partial charge in [-0.2, -0.15) is 0 Å². The number of hydrogen-bond acceptors (Lipinski definition) is 2. The molecule has 3 rings (SSSR count). The van der Waals surface area contributed by atoms with Crippen molar-refractivity contribution in [2.75, 3.05) is 13.1 Å². The highest BCUT2D eigenvalue weighted by Crippen LogP contribution is 2.34. The average molecular weight is 277 g/mol. The molecule has 1 saturated carbocycles. The number of hydrogen-bond donors (Lipinski definition) is 1. The molecule has 1 aromatic carbocycles. The highest BCUT2D eigenvalue weighted by Gasteiger charge is 2.34. The van der Waals surface area contributed by atoms with Crippen molar-refractivity contribution in [1.82, 2.24) is 5.32 Å². The molecule has 2 aliphatic rings. The minimum Gasteiger partial charge on any atom is -0.490 e. The first-order valence-electron chi connectivity index (χ1n) is 7.96. The molecule has 3 heteroatoms. The molecule has 1 unspecified atom stereocenters. The van der Waals surface area contributed by atoms with Crippen LogP contribution in [0.25, 0.3) is 0 Å². The molecular weight excluding hydrogens is 253 g/mol. The summed E-state index contributed by atoms with van der Waals surface area (Å²) in [7, 11) is 0. The van der Waals surface area contributed by atoms with E-state index in [4.69, 9.17) is 4.74 Å². The molecule has 1 aliphatic carbocycles. The van der Waals surface area contributed by atoms with E-state index in [2.05, 4.69) is 5.32 Å². The molecule has 1 aromatic rings. The third-order valence-electron chi connectivity index (χ3n) is 4.75. The van der Waals surface area contributed by atoms with Crippen molar-refractivity contribution in [1.29, 1.82) is 0 Å². The van der Waals surface area contributed by atoms with E-state index >= 15 is 0 Å². The van der Waals surface area contributed by atoms with E-state index < -0.39 is 0 Å². The van der Waals surface area contributed by atoms with E-state index in [1.165, 1.54) is 50.7 Å². The minimum absolute atomic E-state index is 0.213. The van der Waals surface area contributed by atoms with Crippen LogP contribution in [0.15, 0.2) is 24.3 Å². The third kappa shape index (κ3) is 3.32. The molecule has 0 amide bonds. The van der Waals surface area contributed by atoms with Crippen LogP contribution in [0.5, 0.6) is 5.75 Å². The quantitative estimate of drug-likeness (QED) is 0.904. The summed E-state index contributed by atoms with van der Waals surface area (Å²) in [6.07, 6.45) is 7.92. The lowest BCUT2D eigenvalue weighted by atomic mass is 9.80. The second-order valence-electron chi connectivity index (χ2n) is 6.19. The van der Waals surface area contributed by atoms with Gasteiger partial charge in [-0.25, -0.2) is 4.39 Å². The van der Waals surface area contributed by atoms with Crippen LogP contribution in [-0.4, -0.2) is 19.2 Å². The molecule has 2 fully saturated rings. The van der Waals surface area contributed by atoms with Gasteiger partial charge in [0.25, 0.3) is 0 Å². The molecule has 1 N–H and O–H groups in total. The van der Waals surface area contributed by atoms with Crippen LogP contribution >= 0.6 is 0 Å². The third-order valence-corrected chi connectivity index (χ3v) is 4.75. The molecule has 1 saturated heterocycles. The summed E-state index contributed by atoms with van der Waals surface area (Å²) in [4.78, 5) is 0. The van der Waals surface area contributed by atoms with Gasteiger partial charge < -0.3 is 10.1 Å². The molecule has 110 valence electrons. The van der Waals surface area contributed by atoms with E-state index in [1.54, 1.807) is 6.07 Å². The van der Waals surface area contributed by atoms with Gasteiger partial charge in [-0.3, -0.25) is 0 Å². The van der Waals surface area contributed by atoms with E-state index in [-0.39, 0.29) is 11.9 Å². The summed E-state index contributed by atoms with van der Waals surface area (Å²) in [5, 5.41) is 3.43. The predicted octanol–water partition coefficient (Wildman–Crippen LogP) is 3.76. The van der Waals surface area contributed by atoms with Crippen LogP contribution in [0.1, 0.15) is 38.5 Å². The van der Waals surface area contributed by atoms with Gasteiger partial charge in [0.15, 0.2) is 0 Å². The summed E-state index contributed by atoms with van der Waals surface area (Å²) in [6, 6.07) is 6.59. The molecule has 0 radical (unpaired) electrons. The molecule has 1 aliphatic heterocycles. The smallest absolute Gasteiger partial charge is 0.126 e. The Morgan fingerprint density at radius 2 is 1.95 bits per heavy atom. The van der Waals surface area contributed by atoms with Gasteiger partial charge in [-0.15, -0.1) is 0 Å². The van der Waals surface area contributed by atoms with Gasteiger partial charge in [0.2, 0.25) is 0 Å². The fourth-order valence-electron chi connectivity index (χ4n) is 3.69. The van der Waals surface area contributed by atoms with Gasteiger partial charge >= 0.3 is 0 Å². The SMILES string of the molecule is Fc1cccc(OC(C2CCCCC2)[C@H]2CCNC2)c1. The molecule has 20 heavy (non-hydrogen) atoms. The van der Waals surface area contributed by atoms with Crippen molar-refractivity contribution < 1.29 is 9.13 Å². The predicted molar refractivity (Wildman–Crippen MR) is 78.4 cm³/mol. The Kier molecular flexibility index (Phi) is 4.56. The summed E-state index contributed by atoms with van der Waals surface area (Å²) in [5.41, 5.74) is 0. The maximum Gasteiger partial charge on any atom is 0.126 e. The monoisotopic (exact) mass is 277 g/mol. The highest BCUT2D eigenvalue weighted by atomic mass is 19.1. The van der Waals surface area contributed by atoms with Gasteiger partial charge in [0.05, 0.1) is 0 Å². The normalized spacial score (nSPS) is 25.6. The van der Waals surface area contributed by atoms with Gasteiger partial charge in [0, 0.05) is 18.5 Å². The van der Waals surface area contributed by atoms with Crippen molar-refractivity contribution in [2.45, 2.75) is 44.6 Å². The lowest BCUT2D eigenvalue weighted by Crippen LogP contribution is -2.37.